The number of anilines is 5. The highest BCUT2D eigenvalue weighted by Gasteiger charge is 2.25. The first-order chi connectivity index (χ1) is 19.0. The van der Waals surface area contributed by atoms with Gasteiger partial charge in [-0.25, -0.2) is 14.4 Å². The van der Waals surface area contributed by atoms with E-state index in [4.69, 9.17) is 9.97 Å². The van der Waals surface area contributed by atoms with Crippen LogP contribution in [-0.2, 0) is 0 Å². The molecule has 13 heteroatoms. The summed E-state index contributed by atoms with van der Waals surface area (Å²) >= 11 is 7.11. The van der Waals surface area contributed by atoms with Crippen molar-refractivity contribution in [3.05, 3.63) is 57.5 Å². The number of aromatic nitrogens is 5. The summed E-state index contributed by atoms with van der Waals surface area (Å²) < 4.78 is 16.1. The SMILES string of the molecule is Fc1ccccc1N1CCN(c2nc(NCCNc3ncnc4c(Br)cc(Br)cc34)nc(NC3CC3)n2)CC1. The molecule has 1 saturated carbocycles. The minimum Gasteiger partial charge on any atom is -0.368 e. The van der Waals surface area contributed by atoms with Crippen molar-refractivity contribution >= 4 is 72.1 Å². The Morgan fingerprint density at radius 2 is 1.62 bits per heavy atom. The molecule has 202 valence electrons. The molecule has 2 aromatic carbocycles. The van der Waals surface area contributed by atoms with E-state index in [0.29, 0.717) is 68.8 Å². The van der Waals surface area contributed by atoms with Gasteiger partial charge in [0.2, 0.25) is 17.8 Å². The Hall–Kier alpha value is -3.32. The molecular formula is C26H27Br2FN10. The van der Waals surface area contributed by atoms with Crippen LogP contribution in [0.4, 0.5) is 33.7 Å². The van der Waals surface area contributed by atoms with Crippen molar-refractivity contribution in [2.24, 2.45) is 0 Å². The molecular weight excluding hydrogens is 631 g/mol. The Morgan fingerprint density at radius 1 is 0.872 bits per heavy atom. The topological polar surface area (TPSA) is 107 Å². The smallest absolute Gasteiger partial charge is 0.232 e. The Kier molecular flexibility index (Phi) is 7.60. The van der Waals surface area contributed by atoms with E-state index < -0.39 is 0 Å². The van der Waals surface area contributed by atoms with Crippen LogP contribution in [0.1, 0.15) is 12.8 Å². The second-order valence-corrected chi connectivity index (χ2v) is 11.3. The zero-order chi connectivity index (χ0) is 26.8. The summed E-state index contributed by atoms with van der Waals surface area (Å²) in [5.74, 6) is 2.26. The average molecular weight is 658 g/mol. The van der Waals surface area contributed by atoms with Crippen molar-refractivity contribution in [2.45, 2.75) is 18.9 Å². The monoisotopic (exact) mass is 656 g/mol. The number of rotatable bonds is 9. The fourth-order valence-corrected chi connectivity index (χ4v) is 5.83. The van der Waals surface area contributed by atoms with Crippen LogP contribution in [0.25, 0.3) is 10.9 Å². The van der Waals surface area contributed by atoms with Gasteiger partial charge in [0.05, 0.1) is 11.2 Å². The normalized spacial score (nSPS) is 15.5. The summed E-state index contributed by atoms with van der Waals surface area (Å²) in [6, 6.07) is 11.3. The lowest BCUT2D eigenvalue weighted by molar-refractivity contribution is 0.593. The Bertz CT molecular complexity index is 1480. The van der Waals surface area contributed by atoms with Crippen LogP contribution >= 0.6 is 31.9 Å². The van der Waals surface area contributed by atoms with Crippen LogP contribution in [0.2, 0.25) is 0 Å². The molecule has 10 nitrogen and oxygen atoms in total. The maximum absolute atomic E-state index is 14.3. The summed E-state index contributed by atoms with van der Waals surface area (Å²) in [6.07, 6.45) is 3.79. The van der Waals surface area contributed by atoms with Gasteiger partial charge in [-0.15, -0.1) is 0 Å². The maximum Gasteiger partial charge on any atom is 0.232 e. The van der Waals surface area contributed by atoms with Crippen molar-refractivity contribution in [3.63, 3.8) is 0 Å². The zero-order valence-corrected chi connectivity index (χ0v) is 24.2. The summed E-state index contributed by atoms with van der Waals surface area (Å²) in [4.78, 5) is 27.0. The van der Waals surface area contributed by atoms with Gasteiger partial charge in [-0.2, -0.15) is 15.0 Å². The van der Waals surface area contributed by atoms with Crippen molar-refractivity contribution in [3.8, 4) is 0 Å². The second kappa shape index (κ2) is 11.4. The van der Waals surface area contributed by atoms with Gasteiger partial charge in [0.25, 0.3) is 0 Å². The molecule has 1 saturated heterocycles. The molecule has 3 heterocycles. The van der Waals surface area contributed by atoms with E-state index in [0.717, 1.165) is 38.5 Å². The first-order valence-corrected chi connectivity index (χ1v) is 14.5. The highest BCUT2D eigenvalue weighted by Crippen LogP contribution is 2.30. The predicted octanol–water partition coefficient (Wildman–Crippen LogP) is 4.90. The summed E-state index contributed by atoms with van der Waals surface area (Å²) in [5, 5.41) is 11.0. The predicted molar refractivity (Wildman–Crippen MR) is 159 cm³/mol. The molecule has 1 aliphatic carbocycles. The Morgan fingerprint density at radius 3 is 2.41 bits per heavy atom. The number of hydrogen-bond donors (Lipinski definition) is 3. The third-order valence-corrected chi connectivity index (χ3v) is 7.71. The first-order valence-electron chi connectivity index (χ1n) is 12.9. The van der Waals surface area contributed by atoms with Gasteiger partial charge < -0.3 is 25.8 Å². The van der Waals surface area contributed by atoms with Gasteiger partial charge in [0, 0.05) is 59.6 Å². The Balaban J connectivity index is 1.11. The van der Waals surface area contributed by atoms with Gasteiger partial charge in [-0.1, -0.05) is 28.1 Å². The van der Waals surface area contributed by atoms with Crippen molar-refractivity contribution in [2.75, 3.05) is 65.0 Å². The van der Waals surface area contributed by atoms with E-state index in [2.05, 4.69) is 72.6 Å². The number of nitrogens with zero attached hydrogens (tertiary/aromatic N) is 7. The van der Waals surface area contributed by atoms with Gasteiger partial charge >= 0.3 is 0 Å². The number of fused-ring (bicyclic) bond motifs is 1. The zero-order valence-electron chi connectivity index (χ0n) is 21.0. The van der Waals surface area contributed by atoms with Crippen molar-refractivity contribution in [1.82, 2.24) is 24.9 Å². The fourth-order valence-electron chi connectivity index (χ4n) is 4.50. The molecule has 6 rings (SSSR count). The molecule has 0 amide bonds. The minimum absolute atomic E-state index is 0.197. The quantitative estimate of drug-likeness (QED) is 0.215. The molecule has 0 radical (unpaired) electrons. The number of nitrogens with one attached hydrogen (secondary N) is 3. The average Bonchev–Trinajstić information content (AvgIpc) is 3.75. The number of piperazine rings is 1. The third kappa shape index (κ3) is 6.14. The molecule has 2 aromatic heterocycles. The third-order valence-electron chi connectivity index (χ3n) is 6.65. The summed E-state index contributed by atoms with van der Waals surface area (Å²) in [6.45, 7) is 3.92. The second-order valence-electron chi connectivity index (χ2n) is 9.49. The lowest BCUT2D eigenvalue weighted by Crippen LogP contribution is -2.47. The van der Waals surface area contributed by atoms with Crippen molar-refractivity contribution in [1.29, 1.82) is 0 Å². The van der Waals surface area contributed by atoms with Crippen LogP contribution in [0.3, 0.4) is 0 Å². The highest BCUT2D eigenvalue weighted by molar-refractivity contribution is 9.11. The molecule has 0 bridgehead atoms. The van der Waals surface area contributed by atoms with Gasteiger partial charge in [0.15, 0.2) is 0 Å². The van der Waals surface area contributed by atoms with Crippen molar-refractivity contribution < 1.29 is 4.39 Å². The number of para-hydroxylation sites is 1. The highest BCUT2D eigenvalue weighted by atomic mass is 79.9. The first kappa shape index (κ1) is 25.9. The van der Waals surface area contributed by atoms with Gasteiger partial charge in [-0.05, 0) is 53.0 Å². The largest absolute Gasteiger partial charge is 0.368 e. The van der Waals surface area contributed by atoms with Gasteiger partial charge in [0.1, 0.15) is 18.0 Å². The fraction of sp³-hybridized carbons (Fsp3) is 0.346. The summed E-state index contributed by atoms with van der Waals surface area (Å²) in [5.41, 5.74) is 1.48. The molecule has 1 aliphatic heterocycles. The van der Waals surface area contributed by atoms with E-state index in [1.807, 2.05) is 24.3 Å². The van der Waals surface area contributed by atoms with Crippen LogP contribution < -0.4 is 25.8 Å². The van der Waals surface area contributed by atoms with E-state index in [1.54, 1.807) is 12.4 Å². The van der Waals surface area contributed by atoms with E-state index >= 15 is 0 Å². The molecule has 2 aliphatic rings. The van der Waals surface area contributed by atoms with E-state index in [9.17, 15) is 4.39 Å². The molecule has 0 atom stereocenters. The van der Waals surface area contributed by atoms with E-state index in [1.165, 1.54) is 6.07 Å². The lowest BCUT2D eigenvalue weighted by atomic mass is 10.2. The number of hydrogen-bond acceptors (Lipinski definition) is 10. The van der Waals surface area contributed by atoms with Crippen LogP contribution in [-0.4, -0.2) is 70.2 Å². The summed E-state index contributed by atoms with van der Waals surface area (Å²) in [7, 11) is 0. The Labute approximate surface area is 242 Å². The maximum atomic E-state index is 14.3. The van der Waals surface area contributed by atoms with Crippen LogP contribution in [0.5, 0.6) is 0 Å². The molecule has 3 N–H and O–H groups in total. The number of benzene rings is 2. The van der Waals surface area contributed by atoms with Crippen LogP contribution in [0.15, 0.2) is 51.7 Å². The van der Waals surface area contributed by atoms with E-state index in [-0.39, 0.29) is 5.82 Å². The standard InChI is InChI=1S/C26H27Br2FN10/c27-16-13-18-22(19(28)14-16)32-15-33-23(18)30-7-8-31-24-35-25(34-17-5-6-17)37-26(36-24)39-11-9-38(10-12-39)21-4-2-1-3-20(21)29/h1-4,13-15,17H,5-12H2,(H,30,32,33)(H2,31,34,35,36,37). The molecule has 2 fully saturated rings. The number of halogens is 3. The molecule has 39 heavy (non-hydrogen) atoms. The van der Waals surface area contributed by atoms with Crippen LogP contribution in [0, 0.1) is 5.82 Å². The lowest BCUT2D eigenvalue weighted by Gasteiger charge is -2.36. The molecule has 4 aromatic rings. The minimum atomic E-state index is -0.197. The molecule has 0 spiro atoms. The van der Waals surface area contributed by atoms with Gasteiger partial charge in [-0.3, -0.25) is 0 Å². The molecule has 0 unspecified atom stereocenters.